The summed E-state index contributed by atoms with van der Waals surface area (Å²) in [6, 6.07) is 1.88. The van der Waals surface area contributed by atoms with Gasteiger partial charge in [0.1, 0.15) is 6.61 Å². The molecule has 3 nitrogen and oxygen atoms in total. The van der Waals surface area contributed by atoms with Crippen molar-refractivity contribution in [3.8, 4) is 0 Å². The Labute approximate surface area is 83.1 Å². The number of nitrogens with zero attached hydrogens (tertiary/aromatic N) is 2. The summed E-state index contributed by atoms with van der Waals surface area (Å²) in [5.74, 6) is 1.13. The number of alkyl halides is 1. The molecule has 1 aromatic rings. The van der Waals surface area contributed by atoms with E-state index in [0.717, 1.165) is 11.4 Å². The zero-order valence-electron chi connectivity index (χ0n) is 7.88. The highest BCUT2D eigenvalue weighted by Gasteiger charge is 2.00. The van der Waals surface area contributed by atoms with E-state index < -0.39 is 0 Å². The Balaban J connectivity index is 2.76. The lowest BCUT2D eigenvalue weighted by atomic mass is 10.3. The van der Waals surface area contributed by atoms with Crippen LogP contribution in [-0.2, 0) is 17.2 Å². The molecule has 1 aromatic heterocycles. The van der Waals surface area contributed by atoms with Crippen LogP contribution < -0.4 is 0 Å². The summed E-state index contributed by atoms with van der Waals surface area (Å²) in [5, 5.41) is 0. The van der Waals surface area contributed by atoms with Gasteiger partial charge in [-0.1, -0.05) is 0 Å². The second-order valence-electron chi connectivity index (χ2n) is 2.69. The van der Waals surface area contributed by atoms with Crippen LogP contribution >= 0.6 is 11.6 Å². The lowest BCUT2D eigenvalue weighted by molar-refractivity contribution is 0.128. The van der Waals surface area contributed by atoms with E-state index in [2.05, 4.69) is 9.97 Å². The fourth-order valence-electron chi connectivity index (χ4n) is 1.03. The molecular formula is C9H13ClN2O. The van der Waals surface area contributed by atoms with Crippen molar-refractivity contribution in [3.63, 3.8) is 0 Å². The molecule has 0 unspecified atom stereocenters. The van der Waals surface area contributed by atoms with Crippen molar-refractivity contribution in [3.05, 3.63) is 23.3 Å². The van der Waals surface area contributed by atoms with E-state index in [4.69, 9.17) is 16.3 Å². The van der Waals surface area contributed by atoms with Crippen LogP contribution in [0.15, 0.2) is 6.07 Å². The van der Waals surface area contributed by atoms with E-state index in [1.807, 2.05) is 19.9 Å². The summed E-state index contributed by atoms with van der Waals surface area (Å²) in [7, 11) is 0. The average molecular weight is 201 g/mol. The molecule has 0 atom stereocenters. The maximum absolute atomic E-state index is 5.67. The van der Waals surface area contributed by atoms with Crippen molar-refractivity contribution in [1.29, 1.82) is 0 Å². The largest absolute Gasteiger partial charge is 0.374 e. The lowest BCUT2D eigenvalue weighted by Gasteiger charge is -2.03. The Morgan fingerprint density at radius 1 is 1.46 bits per heavy atom. The molecule has 0 saturated heterocycles. The van der Waals surface area contributed by atoms with Crippen molar-refractivity contribution in [2.75, 3.05) is 6.61 Å². The van der Waals surface area contributed by atoms with Crippen LogP contribution in [0.1, 0.15) is 24.1 Å². The van der Waals surface area contributed by atoms with Gasteiger partial charge in [0, 0.05) is 12.3 Å². The summed E-state index contributed by atoms with van der Waals surface area (Å²) in [4.78, 5) is 8.45. The Kier molecular flexibility index (Phi) is 4.12. The highest BCUT2D eigenvalue weighted by molar-refractivity contribution is 6.16. The predicted octanol–water partition coefficient (Wildman–Crippen LogP) is 2.06. The minimum atomic E-state index is 0.419. The molecule has 1 heterocycles. The highest BCUT2D eigenvalue weighted by atomic mass is 35.5. The molecule has 0 fully saturated rings. The average Bonchev–Trinajstić information content (AvgIpc) is 2.14. The third-order valence-electron chi connectivity index (χ3n) is 1.53. The van der Waals surface area contributed by atoms with Crippen LogP contribution in [0.5, 0.6) is 0 Å². The quantitative estimate of drug-likeness (QED) is 0.698. The van der Waals surface area contributed by atoms with Gasteiger partial charge in [0.25, 0.3) is 0 Å². The third kappa shape index (κ3) is 3.28. The van der Waals surface area contributed by atoms with Crippen LogP contribution in [0.4, 0.5) is 0 Å². The number of hydrogen-bond donors (Lipinski definition) is 0. The number of rotatable bonds is 4. The van der Waals surface area contributed by atoms with E-state index in [-0.39, 0.29) is 0 Å². The second kappa shape index (κ2) is 5.14. The molecule has 1 rings (SSSR count). The summed E-state index contributed by atoms with van der Waals surface area (Å²) >= 11 is 5.67. The molecule has 72 valence electrons. The van der Waals surface area contributed by atoms with Gasteiger partial charge in [0.15, 0.2) is 5.82 Å². The Morgan fingerprint density at radius 3 is 2.85 bits per heavy atom. The van der Waals surface area contributed by atoms with Crippen LogP contribution in [-0.4, -0.2) is 16.6 Å². The van der Waals surface area contributed by atoms with Gasteiger partial charge in [-0.3, -0.25) is 0 Å². The van der Waals surface area contributed by atoms with Gasteiger partial charge >= 0.3 is 0 Å². The molecule has 0 amide bonds. The van der Waals surface area contributed by atoms with Gasteiger partial charge in [-0.15, -0.1) is 11.6 Å². The number of hydrogen-bond acceptors (Lipinski definition) is 3. The summed E-state index contributed by atoms with van der Waals surface area (Å²) < 4.78 is 5.21. The van der Waals surface area contributed by atoms with Crippen LogP contribution in [0.25, 0.3) is 0 Å². The first-order valence-electron chi connectivity index (χ1n) is 4.23. The number of aryl methyl sites for hydroxylation is 1. The van der Waals surface area contributed by atoms with Crippen molar-refractivity contribution in [1.82, 2.24) is 9.97 Å². The third-order valence-corrected chi connectivity index (χ3v) is 1.80. The molecule has 0 radical (unpaired) electrons. The maximum Gasteiger partial charge on any atom is 0.154 e. The molecule has 4 heteroatoms. The first kappa shape index (κ1) is 10.4. The zero-order chi connectivity index (χ0) is 9.68. The van der Waals surface area contributed by atoms with Crippen LogP contribution in [0.2, 0.25) is 0 Å². The molecule has 13 heavy (non-hydrogen) atoms. The minimum Gasteiger partial charge on any atom is -0.374 e. The minimum absolute atomic E-state index is 0.419. The van der Waals surface area contributed by atoms with Gasteiger partial charge in [0.05, 0.1) is 11.6 Å². The van der Waals surface area contributed by atoms with Gasteiger partial charge in [-0.05, 0) is 19.9 Å². The van der Waals surface area contributed by atoms with E-state index in [9.17, 15) is 0 Å². The topological polar surface area (TPSA) is 35.0 Å². The van der Waals surface area contributed by atoms with Crippen molar-refractivity contribution >= 4 is 11.6 Å². The van der Waals surface area contributed by atoms with Crippen LogP contribution in [0, 0.1) is 6.92 Å². The fourth-order valence-corrected chi connectivity index (χ4v) is 1.16. The van der Waals surface area contributed by atoms with Crippen molar-refractivity contribution in [2.24, 2.45) is 0 Å². The monoisotopic (exact) mass is 200 g/mol. The van der Waals surface area contributed by atoms with E-state index in [1.165, 1.54) is 0 Å². The Bertz CT molecular complexity index is 278. The zero-order valence-corrected chi connectivity index (χ0v) is 8.64. The molecule has 0 bridgehead atoms. The van der Waals surface area contributed by atoms with E-state index in [0.29, 0.717) is 24.9 Å². The van der Waals surface area contributed by atoms with Gasteiger partial charge in [0.2, 0.25) is 0 Å². The molecular weight excluding hydrogens is 188 g/mol. The van der Waals surface area contributed by atoms with E-state index in [1.54, 1.807) is 0 Å². The normalized spacial score (nSPS) is 10.4. The highest BCUT2D eigenvalue weighted by Crippen LogP contribution is 2.04. The number of ether oxygens (including phenoxy) is 1. The van der Waals surface area contributed by atoms with Crippen molar-refractivity contribution in [2.45, 2.75) is 26.3 Å². The standard InChI is InChI=1S/C9H13ClN2O/c1-3-13-6-9-11-7(2)4-8(5-10)12-9/h4H,3,5-6H2,1-2H3. The van der Waals surface area contributed by atoms with Crippen LogP contribution in [0.3, 0.4) is 0 Å². The number of halogens is 1. The SMILES string of the molecule is CCOCc1nc(C)cc(CCl)n1. The summed E-state index contributed by atoms with van der Waals surface area (Å²) in [6.45, 7) is 5.00. The molecule has 0 aliphatic heterocycles. The Morgan fingerprint density at radius 2 is 2.23 bits per heavy atom. The van der Waals surface area contributed by atoms with Gasteiger partial charge < -0.3 is 4.74 Å². The maximum atomic E-state index is 5.67. The summed E-state index contributed by atoms with van der Waals surface area (Å²) in [6.07, 6.45) is 0. The summed E-state index contributed by atoms with van der Waals surface area (Å²) in [5.41, 5.74) is 1.78. The molecule has 0 aliphatic rings. The van der Waals surface area contributed by atoms with E-state index >= 15 is 0 Å². The first-order valence-corrected chi connectivity index (χ1v) is 4.77. The fraction of sp³-hybridized carbons (Fsp3) is 0.556. The smallest absolute Gasteiger partial charge is 0.154 e. The molecule has 0 aromatic carbocycles. The lowest BCUT2D eigenvalue weighted by Crippen LogP contribution is -2.02. The van der Waals surface area contributed by atoms with Gasteiger partial charge in [-0.25, -0.2) is 9.97 Å². The predicted molar refractivity (Wildman–Crippen MR) is 51.7 cm³/mol. The first-order chi connectivity index (χ1) is 6.26. The van der Waals surface area contributed by atoms with Crippen molar-refractivity contribution < 1.29 is 4.74 Å². The molecule has 0 saturated carbocycles. The Hall–Kier alpha value is -0.670. The molecule has 0 aliphatic carbocycles. The number of aromatic nitrogens is 2. The van der Waals surface area contributed by atoms with Gasteiger partial charge in [-0.2, -0.15) is 0 Å². The molecule has 0 spiro atoms. The molecule has 0 N–H and O–H groups in total. The second-order valence-corrected chi connectivity index (χ2v) is 2.95.